The summed E-state index contributed by atoms with van der Waals surface area (Å²) in [6, 6.07) is 2.88. The second-order valence-electron chi connectivity index (χ2n) is 5.35. The van der Waals surface area contributed by atoms with Gasteiger partial charge in [0, 0.05) is 11.6 Å². The molecule has 18 heavy (non-hydrogen) atoms. The minimum atomic E-state index is -0.987. The summed E-state index contributed by atoms with van der Waals surface area (Å²) in [6.07, 6.45) is -0.215. The van der Waals surface area contributed by atoms with E-state index in [0.717, 1.165) is 5.56 Å². The number of rotatable bonds is 3. The quantitative estimate of drug-likeness (QED) is 0.800. The minimum absolute atomic E-state index is 0.0109. The number of halogens is 1. The standard InChI is InChI=1S/C13H18BrNO3/c1-13(2,3)7-4-8(10(15)6-11(16)17)12(18)9(14)5-7/h4-5,10,18H,6,15H2,1-3H3,(H,16,17)/t10-/m0/s1. The summed E-state index contributed by atoms with van der Waals surface area (Å²) < 4.78 is 0.533. The topological polar surface area (TPSA) is 83.5 Å². The molecule has 0 aromatic heterocycles. The molecule has 0 aliphatic heterocycles. The Hall–Kier alpha value is -1.07. The summed E-state index contributed by atoms with van der Waals surface area (Å²) >= 11 is 3.27. The van der Waals surface area contributed by atoms with Gasteiger partial charge in [-0.25, -0.2) is 0 Å². The summed E-state index contributed by atoms with van der Waals surface area (Å²) in [5, 5.41) is 18.7. The molecule has 0 saturated carbocycles. The van der Waals surface area contributed by atoms with E-state index < -0.39 is 12.0 Å². The molecule has 0 aliphatic carbocycles. The average molecular weight is 316 g/mol. The molecule has 0 saturated heterocycles. The zero-order chi connectivity index (χ0) is 14.1. The van der Waals surface area contributed by atoms with Crippen LogP contribution in [0.2, 0.25) is 0 Å². The molecule has 4 N–H and O–H groups in total. The van der Waals surface area contributed by atoms with E-state index >= 15 is 0 Å². The van der Waals surface area contributed by atoms with Gasteiger partial charge in [-0.3, -0.25) is 4.79 Å². The monoisotopic (exact) mass is 315 g/mol. The summed E-state index contributed by atoms with van der Waals surface area (Å²) in [5.41, 5.74) is 7.16. The van der Waals surface area contributed by atoms with Gasteiger partial charge in [-0.15, -0.1) is 0 Å². The molecule has 0 radical (unpaired) electrons. The Kier molecular flexibility index (Phi) is 4.40. The van der Waals surface area contributed by atoms with E-state index in [1.807, 2.05) is 26.8 Å². The van der Waals surface area contributed by atoms with Crippen molar-refractivity contribution in [3.8, 4) is 5.75 Å². The number of carboxylic acids is 1. The minimum Gasteiger partial charge on any atom is -0.506 e. The van der Waals surface area contributed by atoms with Crippen LogP contribution < -0.4 is 5.73 Å². The number of carboxylic acid groups (broad SMARTS) is 1. The van der Waals surface area contributed by atoms with Crippen molar-refractivity contribution < 1.29 is 15.0 Å². The zero-order valence-corrected chi connectivity index (χ0v) is 12.3. The highest BCUT2D eigenvalue weighted by molar-refractivity contribution is 9.10. The van der Waals surface area contributed by atoms with Gasteiger partial charge in [0.25, 0.3) is 0 Å². The van der Waals surface area contributed by atoms with Crippen molar-refractivity contribution in [2.75, 3.05) is 0 Å². The third-order valence-electron chi connectivity index (χ3n) is 2.75. The first-order chi connectivity index (χ1) is 8.12. The first-order valence-corrected chi connectivity index (χ1v) is 6.42. The van der Waals surface area contributed by atoms with Crippen LogP contribution in [0.1, 0.15) is 44.4 Å². The number of hydrogen-bond acceptors (Lipinski definition) is 3. The van der Waals surface area contributed by atoms with E-state index in [0.29, 0.717) is 10.0 Å². The van der Waals surface area contributed by atoms with Gasteiger partial charge in [0.2, 0.25) is 0 Å². The van der Waals surface area contributed by atoms with Crippen molar-refractivity contribution in [1.82, 2.24) is 0 Å². The number of phenolic OH excluding ortho intramolecular Hbond substituents is 1. The fraction of sp³-hybridized carbons (Fsp3) is 0.462. The van der Waals surface area contributed by atoms with E-state index in [9.17, 15) is 9.90 Å². The molecule has 0 bridgehead atoms. The molecule has 1 aromatic carbocycles. The number of aromatic hydroxyl groups is 1. The van der Waals surface area contributed by atoms with Crippen LogP contribution in [0.3, 0.4) is 0 Å². The molecule has 0 aliphatic rings. The van der Waals surface area contributed by atoms with Crippen molar-refractivity contribution in [2.24, 2.45) is 5.73 Å². The summed E-state index contributed by atoms with van der Waals surface area (Å²) in [6.45, 7) is 6.12. The van der Waals surface area contributed by atoms with Gasteiger partial charge >= 0.3 is 5.97 Å². The second kappa shape index (κ2) is 5.28. The van der Waals surface area contributed by atoms with E-state index in [-0.39, 0.29) is 17.6 Å². The Balaban J connectivity index is 3.26. The lowest BCUT2D eigenvalue weighted by Gasteiger charge is -2.22. The number of aliphatic carboxylic acids is 1. The molecule has 4 nitrogen and oxygen atoms in total. The van der Waals surface area contributed by atoms with Crippen LogP contribution in [0, 0.1) is 0 Å². The van der Waals surface area contributed by atoms with Crippen molar-refractivity contribution in [3.63, 3.8) is 0 Å². The Labute approximate surface area is 115 Å². The molecule has 100 valence electrons. The summed E-state index contributed by atoms with van der Waals surface area (Å²) in [5.74, 6) is -0.976. The fourth-order valence-electron chi connectivity index (χ4n) is 1.63. The van der Waals surface area contributed by atoms with Crippen molar-refractivity contribution >= 4 is 21.9 Å². The largest absolute Gasteiger partial charge is 0.506 e. The average Bonchev–Trinajstić information content (AvgIpc) is 2.18. The molecule has 0 unspecified atom stereocenters. The van der Waals surface area contributed by atoms with Gasteiger partial charge in [0.1, 0.15) is 5.75 Å². The van der Waals surface area contributed by atoms with Crippen LogP contribution in [0.4, 0.5) is 0 Å². The summed E-state index contributed by atoms with van der Waals surface area (Å²) in [7, 11) is 0. The molecule has 1 atom stereocenters. The lowest BCUT2D eigenvalue weighted by molar-refractivity contribution is -0.137. The highest BCUT2D eigenvalue weighted by Gasteiger charge is 2.21. The van der Waals surface area contributed by atoms with Gasteiger partial charge in [-0.1, -0.05) is 20.8 Å². The van der Waals surface area contributed by atoms with E-state index in [2.05, 4.69) is 15.9 Å². The van der Waals surface area contributed by atoms with E-state index in [1.54, 1.807) is 6.07 Å². The normalized spacial score (nSPS) is 13.4. The number of benzene rings is 1. The predicted octanol–water partition coefficient (Wildman–Crippen LogP) is 2.93. The maximum atomic E-state index is 10.7. The third-order valence-corrected chi connectivity index (χ3v) is 3.36. The van der Waals surface area contributed by atoms with Gasteiger partial charge in [0.05, 0.1) is 10.9 Å². The summed E-state index contributed by atoms with van der Waals surface area (Å²) in [4.78, 5) is 10.7. The highest BCUT2D eigenvalue weighted by Crippen LogP contribution is 2.37. The van der Waals surface area contributed by atoms with Crippen molar-refractivity contribution in [2.45, 2.75) is 38.6 Å². The predicted molar refractivity (Wildman–Crippen MR) is 73.7 cm³/mol. The smallest absolute Gasteiger partial charge is 0.305 e. The molecular weight excluding hydrogens is 298 g/mol. The van der Waals surface area contributed by atoms with E-state index in [1.165, 1.54) is 0 Å². The van der Waals surface area contributed by atoms with Gasteiger partial charge in [-0.05, 0) is 39.0 Å². The number of nitrogens with two attached hydrogens (primary N) is 1. The third kappa shape index (κ3) is 3.46. The Morgan fingerprint density at radius 1 is 1.44 bits per heavy atom. The highest BCUT2D eigenvalue weighted by atomic mass is 79.9. The molecule has 1 aromatic rings. The van der Waals surface area contributed by atoms with Crippen LogP contribution in [-0.2, 0) is 10.2 Å². The molecule has 0 amide bonds. The number of hydrogen-bond donors (Lipinski definition) is 3. The van der Waals surface area contributed by atoms with Crippen molar-refractivity contribution in [3.05, 3.63) is 27.7 Å². The number of carbonyl (C=O) groups is 1. The zero-order valence-electron chi connectivity index (χ0n) is 10.7. The SMILES string of the molecule is CC(C)(C)c1cc(Br)c(O)c([C@@H](N)CC(=O)O)c1. The maximum Gasteiger partial charge on any atom is 0.305 e. The van der Waals surface area contributed by atoms with Crippen LogP contribution in [0.5, 0.6) is 5.75 Å². The van der Waals surface area contributed by atoms with Gasteiger partial charge < -0.3 is 15.9 Å². The molecule has 0 fully saturated rings. The second-order valence-corrected chi connectivity index (χ2v) is 6.20. The molecular formula is C13H18BrNO3. The van der Waals surface area contributed by atoms with Crippen molar-refractivity contribution in [1.29, 1.82) is 0 Å². The Bertz CT molecular complexity index is 466. The van der Waals surface area contributed by atoms with E-state index in [4.69, 9.17) is 10.8 Å². The number of phenols is 1. The van der Waals surface area contributed by atoms with Crippen LogP contribution >= 0.6 is 15.9 Å². The molecule has 1 rings (SSSR count). The van der Waals surface area contributed by atoms with Crippen LogP contribution in [0.25, 0.3) is 0 Å². The molecule has 0 spiro atoms. The Morgan fingerprint density at radius 3 is 2.44 bits per heavy atom. The van der Waals surface area contributed by atoms with Crippen LogP contribution in [0.15, 0.2) is 16.6 Å². The first kappa shape index (κ1) is 15.0. The van der Waals surface area contributed by atoms with Gasteiger partial charge in [-0.2, -0.15) is 0 Å². The first-order valence-electron chi connectivity index (χ1n) is 5.63. The molecule has 5 heteroatoms. The fourth-order valence-corrected chi connectivity index (χ4v) is 2.11. The Morgan fingerprint density at radius 2 is 2.00 bits per heavy atom. The lowest BCUT2D eigenvalue weighted by Crippen LogP contribution is -2.17. The lowest BCUT2D eigenvalue weighted by atomic mass is 9.85. The van der Waals surface area contributed by atoms with Crippen LogP contribution in [-0.4, -0.2) is 16.2 Å². The maximum absolute atomic E-state index is 10.7. The molecule has 0 heterocycles. The van der Waals surface area contributed by atoms with Gasteiger partial charge in [0.15, 0.2) is 0 Å².